The van der Waals surface area contributed by atoms with Gasteiger partial charge >= 0.3 is 12.1 Å². The highest BCUT2D eigenvalue weighted by molar-refractivity contribution is 5.89. The SMILES string of the molecule is CC#CCC(NC(=O)CNC(=O)CNC(=O)OCC1c2ccccc2-c2ccccc21)C(=O)O. The number of ether oxygens (including phenoxy) is 1. The number of carboxylic acid groups (broad SMARTS) is 1. The molecule has 0 fully saturated rings. The minimum atomic E-state index is -1.22. The van der Waals surface area contributed by atoms with Gasteiger partial charge in [-0.15, -0.1) is 11.8 Å². The van der Waals surface area contributed by atoms with Crippen LogP contribution in [0.1, 0.15) is 30.4 Å². The number of rotatable bonds is 9. The zero-order valence-electron chi connectivity index (χ0n) is 18.6. The third-order valence-corrected chi connectivity index (χ3v) is 5.30. The number of aliphatic carboxylic acids is 1. The van der Waals surface area contributed by atoms with E-state index in [2.05, 4.69) is 27.8 Å². The van der Waals surface area contributed by atoms with E-state index in [0.717, 1.165) is 22.3 Å². The first-order valence-electron chi connectivity index (χ1n) is 10.7. The van der Waals surface area contributed by atoms with Crippen molar-refractivity contribution in [1.29, 1.82) is 0 Å². The molecule has 2 aromatic carbocycles. The molecule has 3 rings (SSSR count). The van der Waals surface area contributed by atoms with Gasteiger partial charge in [0.2, 0.25) is 11.8 Å². The van der Waals surface area contributed by atoms with Gasteiger partial charge in [0, 0.05) is 12.3 Å². The van der Waals surface area contributed by atoms with Gasteiger partial charge in [0.25, 0.3) is 0 Å². The Morgan fingerprint density at radius 3 is 2.12 bits per heavy atom. The highest BCUT2D eigenvalue weighted by Gasteiger charge is 2.29. The number of carbonyl (C=O) groups is 4. The monoisotopic (exact) mass is 463 g/mol. The van der Waals surface area contributed by atoms with Crippen molar-refractivity contribution in [2.45, 2.75) is 25.3 Å². The lowest BCUT2D eigenvalue weighted by Gasteiger charge is -2.15. The molecule has 176 valence electrons. The highest BCUT2D eigenvalue weighted by Crippen LogP contribution is 2.44. The maximum Gasteiger partial charge on any atom is 0.407 e. The minimum Gasteiger partial charge on any atom is -0.480 e. The van der Waals surface area contributed by atoms with E-state index in [4.69, 9.17) is 9.84 Å². The van der Waals surface area contributed by atoms with E-state index in [1.54, 1.807) is 6.92 Å². The van der Waals surface area contributed by atoms with Crippen molar-refractivity contribution in [2.75, 3.05) is 19.7 Å². The molecule has 0 bridgehead atoms. The summed E-state index contributed by atoms with van der Waals surface area (Å²) in [5.74, 6) is 2.51. The van der Waals surface area contributed by atoms with Gasteiger partial charge in [-0.2, -0.15) is 0 Å². The molecule has 3 amide bonds. The molecular formula is C25H25N3O6. The van der Waals surface area contributed by atoms with E-state index in [1.807, 2.05) is 48.5 Å². The first kappa shape index (κ1) is 24.3. The van der Waals surface area contributed by atoms with Crippen molar-refractivity contribution >= 4 is 23.9 Å². The Bertz CT molecular complexity index is 1110. The summed E-state index contributed by atoms with van der Waals surface area (Å²) in [6, 6.07) is 14.7. The molecule has 0 spiro atoms. The first-order valence-corrected chi connectivity index (χ1v) is 10.7. The molecular weight excluding hydrogens is 438 g/mol. The Balaban J connectivity index is 1.42. The maximum atomic E-state index is 12.1. The first-order chi connectivity index (χ1) is 16.4. The molecule has 0 aromatic heterocycles. The Morgan fingerprint density at radius 2 is 1.53 bits per heavy atom. The second-order valence-corrected chi connectivity index (χ2v) is 7.55. The largest absolute Gasteiger partial charge is 0.480 e. The molecule has 1 aliphatic carbocycles. The standard InChI is InChI=1S/C25H25N3O6/c1-2-3-12-21(24(31)32)28-23(30)14-26-22(29)13-27-25(33)34-15-20-18-10-6-4-8-16(18)17-9-5-7-11-19(17)20/h4-11,20-21H,12-15H2,1H3,(H,26,29)(H,27,33)(H,28,30)(H,31,32). The molecule has 34 heavy (non-hydrogen) atoms. The molecule has 9 heteroatoms. The smallest absolute Gasteiger partial charge is 0.407 e. The van der Waals surface area contributed by atoms with Crippen molar-refractivity contribution < 1.29 is 29.0 Å². The number of benzene rings is 2. The predicted octanol–water partition coefficient (Wildman–Crippen LogP) is 1.62. The van der Waals surface area contributed by atoms with Crippen LogP contribution in [-0.2, 0) is 19.1 Å². The van der Waals surface area contributed by atoms with E-state index in [1.165, 1.54) is 0 Å². The number of fused-ring (bicyclic) bond motifs is 3. The molecule has 0 saturated heterocycles. The Hall–Kier alpha value is -4.32. The summed E-state index contributed by atoms with van der Waals surface area (Å²) in [4.78, 5) is 47.0. The van der Waals surface area contributed by atoms with E-state index in [0.29, 0.717) is 0 Å². The molecule has 2 aromatic rings. The van der Waals surface area contributed by atoms with Gasteiger partial charge in [0.15, 0.2) is 0 Å². The van der Waals surface area contributed by atoms with Crippen molar-refractivity contribution in [2.24, 2.45) is 0 Å². The number of carbonyl (C=O) groups excluding carboxylic acids is 3. The maximum absolute atomic E-state index is 12.1. The predicted molar refractivity (Wildman–Crippen MR) is 124 cm³/mol. The number of hydrogen-bond acceptors (Lipinski definition) is 5. The molecule has 1 unspecified atom stereocenters. The van der Waals surface area contributed by atoms with E-state index < -0.39 is 43.0 Å². The summed E-state index contributed by atoms with van der Waals surface area (Å²) in [6.07, 6.45) is -0.806. The van der Waals surface area contributed by atoms with Crippen LogP contribution in [0.4, 0.5) is 4.79 Å². The van der Waals surface area contributed by atoms with Gasteiger partial charge in [-0.25, -0.2) is 9.59 Å². The Labute approximate surface area is 196 Å². The lowest BCUT2D eigenvalue weighted by Crippen LogP contribution is -2.47. The van der Waals surface area contributed by atoms with Crippen LogP contribution in [0.25, 0.3) is 11.1 Å². The summed E-state index contributed by atoms with van der Waals surface area (Å²) in [7, 11) is 0. The van der Waals surface area contributed by atoms with Crippen LogP contribution >= 0.6 is 0 Å². The molecule has 1 atom stereocenters. The van der Waals surface area contributed by atoms with Gasteiger partial charge in [-0.05, 0) is 29.2 Å². The lowest BCUT2D eigenvalue weighted by atomic mass is 9.98. The zero-order valence-corrected chi connectivity index (χ0v) is 18.6. The summed E-state index contributed by atoms with van der Waals surface area (Å²) < 4.78 is 5.34. The molecule has 1 aliphatic rings. The van der Waals surface area contributed by atoms with E-state index >= 15 is 0 Å². The fraction of sp³-hybridized carbons (Fsp3) is 0.280. The zero-order chi connectivity index (χ0) is 24.5. The number of carboxylic acids is 1. The normalized spacial score (nSPS) is 12.3. The second-order valence-electron chi connectivity index (χ2n) is 7.55. The molecule has 4 N–H and O–H groups in total. The van der Waals surface area contributed by atoms with E-state index in [9.17, 15) is 19.2 Å². The van der Waals surface area contributed by atoms with Crippen LogP contribution in [0, 0.1) is 11.8 Å². The van der Waals surface area contributed by atoms with Gasteiger partial charge in [-0.1, -0.05) is 48.5 Å². The summed E-state index contributed by atoms with van der Waals surface area (Å²) in [5.41, 5.74) is 4.36. The molecule has 0 aliphatic heterocycles. The average Bonchev–Trinajstić information content (AvgIpc) is 3.16. The molecule has 0 heterocycles. The lowest BCUT2D eigenvalue weighted by molar-refractivity contribution is -0.141. The minimum absolute atomic E-state index is 0.0468. The van der Waals surface area contributed by atoms with Crippen LogP contribution in [-0.4, -0.2) is 54.7 Å². The third-order valence-electron chi connectivity index (χ3n) is 5.30. The van der Waals surface area contributed by atoms with E-state index in [-0.39, 0.29) is 18.9 Å². The van der Waals surface area contributed by atoms with Gasteiger partial charge in [0.1, 0.15) is 19.2 Å². The number of alkyl carbamates (subject to hydrolysis) is 1. The van der Waals surface area contributed by atoms with Crippen LogP contribution in [0.5, 0.6) is 0 Å². The number of amides is 3. The third kappa shape index (κ3) is 6.13. The van der Waals surface area contributed by atoms with Crippen LogP contribution in [0.15, 0.2) is 48.5 Å². The molecule has 0 radical (unpaired) electrons. The second kappa shape index (κ2) is 11.5. The van der Waals surface area contributed by atoms with Crippen molar-refractivity contribution in [1.82, 2.24) is 16.0 Å². The summed E-state index contributed by atoms with van der Waals surface area (Å²) >= 11 is 0. The number of hydrogen-bond donors (Lipinski definition) is 4. The van der Waals surface area contributed by atoms with Crippen LogP contribution in [0.3, 0.4) is 0 Å². The summed E-state index contributed by atoms with van der Waals surface area (Å²) in [5, 5.41) is 16.0. The fourth-order valence-corrected chi connectivity index (χ4v) is 3.69. The van der Waals surface area contributed by atoms with Crippen LogP contribution in [0.2, 0.25) is 0 Å². The molecule has 9 nitrogen and oxygen atoms in total. The quantitative estimate of drug-likeness (QED) is 0.418. The van der Waals surface area contributed by atoms with Gasteiger partial charge in [0.05, 0.1) is 6.54 Å². The summed E-state index contributed by atoms with van der Waals surface area (Å²) in [6.45, 7) is 0.841. The average molecular weight is 463 g/mol. The van der Waals surface area contributed by atoms with Gasteiger partial charge in [-0.3, -0.25) is 9.59 Å². The topological polar surface area (TPSA) is 134 Å². The van der Waals surface area contributed by atoms with Crippen molar-refractivity contribution in [3.8, 4) is 23.0 Å². The van der Waals surface area contributed by atoms with Crippen LogP contribution < -0.4 is 16.0 Å². The molecule has 0 saturated carbocycles. The fourth-order valence-electron chi connectivity index (χ4n) is 3.69. The number of nitrogens with one attached hydrogen (secondary N) is 3. The highest BCUT2D eigenvalue weighted by atomic mass is 16.5. The Morgan fingerprint density at radius 1 is 0.941 bits per heavy atom. The van der Waals surface area contributed by atoms with Gasteiger partial charge < -0.3 is 25.8 Å². The Kier molecular flexibility index (Phi) is 8.24. The van der Waals surface area contributed by atoms with Crippen molar-refractivity contribution in [3.63, 3.8) is 0 Å². The van der Waals surface area contributed by atoms with Crippen molar-refractivity contribution in [3.05, 3.63) is 59.7 Å².